The van der Waals surface area contributed by atoms with Crippen molar-refractivity contribution in [2.24, 2.45) is 7.05 Å². The minimum Gasteiger partial charge on any atom is -0.347 e. The minimum absolute atomic E-state index is 0.198. The molecule has 20 heavy (non-hydrogen) atoms. The Morgan fingerprint density at radius 2 is 2.30 bits per heavy atom. The third kappa shape index (κ3) is 3.71. The highest BCUT2D eigenvalue weighted by Crippen LogP contribution is 2.13. The Hall–Kier alpha value is -2.08. The van der Waals surface area contributed by atoms with E-state index < -0.39 is 0 Å². The third-order valence-corrected chi connectivity index (χ3v) is 3.01. The zero-order valence-corrected chi connectivity index (χ0v) is 12.1. The van der Waals surface area contributed by atoms with Crippen molar-refractivity contribution in [3.8, 4) is 0 Å². The standard InChI is InChI=1S/C13H16ClN5O/c1-3-19-9-11(14)12(17-19)7-15-13(20)5-4-10-6-16-18(2)8-10/h4-6,8-9H,3,7H2,1-2H3,(H,15,20)/b5-4+. The van der Waals surface area contributed by atoms with E-state index in [1.54, 1.807) is 27.8 Å². The van der Waals surface area contributed by atoms with Gasteiger partial charge >= 0.3 is 0 Å². The summed E-state index contributed by atoms with van der Waals surface area (Å²) in [5.41, 5.74) is 1.53. The fourth-order valence-corrected chi connectivity index (χ4v) is 1.86. The largest absolute Gasteiger partial charge is 0.347 e. The number of nitrogens with zero attached hydrogens (tertiary/aromatic N) is 4. The predicted molar refractivity (Wildman–Crippen MR) is 77.0 cm³/mol. The van der Waals surface area contributed by atoms with Gasteiger partial charge in [-0.2, -0.15) is 10.2 Å². The molecule has 0 saturated carbocycles. The molecule has 1 N–H and O–H groups in total. The molecule has 7 heteroatoms. The number of carbonyl (C=O) groups is 1. The quantitative estimate of drug-likeness (QED) is 0.852. The van der Waals surface area contributed by atoms with E-state index in [0.717, 1.165) is 12.1 Å². The molecule has 0 fully saturated rings. The minimum atomic E-state index is -0.198. The first-order chi connectivity index (χ1) is 9.58. The molecule has 0 aliphatic carbocycles. The normalized spacial score (nSPS) is 11.2. The second-order valence-electron chi connectivity index (χ2n) is 4.28. The van der Waals surface area contributed by atoms with Gasteiger partial charge in [0.1, 0.15) is 5.69 Å². The molecule has 0 unspecified atom stereocenters. The second kappa shape index (κ2) is 6.38. The molecule has 2 aromatic heterocycles. The van der Waals surface area contributed by atoms with Crippen LogP contribution >= 0.6 is 11.6 Å². The molecule has 0 aliphatic heterocycles. The van der Waals surface area contributed by atoms with Gasteiger partial charge in [0.25, 0.3) is 0 Å². The van der Waals surface area contributed by atoms with E-state index in [1.807, 2.05) is 20.2 Å². The maximum absolute atomic E-state index is 11.7. The second-order valence-corrected chi connectivity index (χ2v) is 4.69. The third-order valence-electron chi connectivity index (χ3n) is 2.69. The van der Waals surface area contributed by atoms with E-state index in [4.69, 9.17) is 11.6 Å². The Bertz CT molecular complexity index is 628. The monoisotopic (exact) mass is 293 g/mol. The number of amides is 1. The van der Waals surface area contributed by atoms with Crippen molar-refractivity contribution in [3.63, 3.8) is 0 Å². The van der Waals surface area contributed by atoms with Crippen molar-refractivity contribution >= 4 is 23.6 Å². The van der Waals surface area contributed by atoms with Crippen molar-refractivity contribution in [2.45, 2.75) is 20.0 Å². The van der Waals surface area contributed by atoms with Crippen molar-refractivity contribution in [1.82, 2.24) is 24.9 Å². The van der Waals surface area contributed by atoms with E-state index in [1.165, 1.54) is 6.08 Å². The van der Waals surface area contributed by atoms with Gasteiger partial charge < -0.3 is 5.32 Å². The first kappa shape index (κ1) is 14.3. The first-order valence-corrected chi connectivity index (χ1v) is 6.62. The van der Waals surface area contributed by atoms with Crippen LogP contribution in [0.1, 0.15) is 18.2 Å². The smallest absolute Gasteiger partial charge is 0.244 e. The van der Waals surface area contributed by atoms with Gasteiger partial charge in [0.05, 0.1) is 17.8 Å². The fourth-order valence-electron chi connectivity index (χ4n) is 1.65. The highest BCUT2D eigenvalue weighted by atomic mass is 35.5. The Kier molecular flexibility index (Phi) is 4.57. The number of rotatable bonds is 5. The van der Waals surface area contributed by atoms with Crippen molar-refractivity contribution in [2.75, 3.05) is 0 Å². The van der Waals surface area contributed by atoms with Crippen molar-refractivity contribution in [1.29, 1.82) is 0 Å². The summed E-state index contributed by atoms with van der Waals surface area (Å²) in [4.78, 5) is 11.7. The summed E-state index contributed by atoms with van der Waals surface area (Å²) in [6, 6.07) is 0. The van der Waals surface area contributed by atoms with Gasteiger partial charge in [0.15, 0.2) is 0 Å². The maximum Gasteiger partial charge on any atom is 0.244 e. The molecule has 2 rings (SSSR count). The SMILES string of the molecule is CCn1cc(Cl)c(CNC(=O)/C=C/c2cnn(C)c2)n1. The Labute approximate surface area is 122 Å². The summed E-state index contributed by atoms with van der Waals surface area (Å²) in [6.45, 7) is 3.03. The highest BCUT2D eigenvalue weighted by molar-refractivity contribution is 6.31. The van der Waals surface area contributed by atoms with Gasteiger partial charge in [-0.3, -0.25) is 14.2 Å². The van der Waals surface area contributed by atoms with Gasteiger partial charge in [-0.05, 0) is 13.0 Å². The maximum atomic E-state index is 11.7. The Balaban J connectivity index is 1.88. The summed E-state index contributed by atoms with van der Waals surface area (Å²) in [6.07, 6.45) is 8.41. The van der Waals surface area contributed by atoms with Crippen molar-refractivity contribution in [3.05, 3.63) is 40.9 Å². The molecule has 1 amide bonds. The van der Waals surface area contributed by atoms with Gasteiger partial charge in [-0.25, -0.2) is 0 Å². The molecule has 0 atom stereocenters. The lowest BCUT2D eigenvalue weighted by atomic mass is 10.3. The summed E-state index contributed by atoms with van der Waals surface area (Å²) >= 11 is 6.02. The number of halogens is 1. The molecule has 2 aromatic rings. The van der Waals surface area contributed by atoms with E-state index in [9.17, 15) is 4.79 Å². The van der Waals surface area contributed by atoms with Crippen LogP contribution in [0, 0.1) is 0 Å². The van der Waals surface area contributed by atoms with Crippen LogP contribution in [-0.2, 0) is 24.9 Å². The Morgan fingerprint density at radius 1 is 1.50 bits per heavy atom. The number of nitrogens with one attached hydrogen (secondary N) is 1. The van der Waals surface area contributed by atoms with Crippen LogP contribution in [0.15, 0.2) is 24.7 Å². The van der Waals surface area contributed by atoms with Gasteiger partial charge in [-0.1, -0.05) is 11.6 Å². The predicted octanol–water partition coefficient (Wildman–Crippen LogP) is 1.62. The molecule has 2 heterocycles. The molecule has 106 valence electrons. The number of hydrogen-bond acceptors (Lipinski definition) is 3. The molecule has 0 bridgehead atoms. The average molecular weight is 294 g/mol. The summed E-state index contributed by atoms with van der Waals surface area (Å²) in [5.74, 6) is -0.198. The molecular formula is C13H16ClN5O. The molecule has 0 radical (unpaired) electrons. The topological polar surface area (TPSA) is 64.7 Å². The zero-order chi connectivity index (χ0) is 14.5. The van der Waals surface area contributed by atoms with E-state index in [2.05, 4.69) is 15.5 Å². The average Bonchev–Trinajstić information content (AvgIpc) is 3.00. The molecular weight excluding hydrogens is 278 g/mol. The van der Waals surface area contributed by atoms with E-state index >= 15 is 0 Å². The van der Waals surface area contributed by atoms with E-state index in [-0.39, 0.29) is 5.91 Å². The molecule has 6 nitrogen and oxygen atoms in total. The lowest BCUT2D eigenvalue weighted by molar-refractivity contribution is -0.116. The van der Waals surface area contributed by atoms with Gasteiger partial charge in [0, 0.05) is 37.6 Å². The fraction of sp³-hybridized carbons (Fsp3) is 0.308. The summed E-state index contributed by atoms with van der Waals surface area (Å²) < 4.78 is 3.41. The number of hydrogen-bond donors (Lipinski definition) is 1. The Morgan fingerprint density at radius 3 is 2.90 bits per heavy atom. The van der Waals surface area contributed by atoms with Crippen LogP contribution in [0.5, 0.6) is 0 Å². The van der Waals surface area contributed by atoms with E-state index in [0.29, 0.717) is 17.3 Å². The molecule has 0 spiro atoms. The zero-order valence-electron chi connectivity index (χ0n) is 11.4. The van der Waals surface area contributed by atoms with Gasteiger partial charge in [-0.15, -0.1) is 0 Å². The number of aromatic nitrogens is 4. The summed E-state index contributed by atoms with van der Waals surface area (Å²) in [5, 5.41) is 11.6. The van der Waals surface area contributed by atoms with Crippen molar-refractivity contribution < 1.29 is 4.79 Å². The van der Waals surface area contributed by atoms with Crippen LogP contribution in [0.4, 0.5) is 0 Å². The van der Waals surface area contributed by atoms with Crippen LogP contribution < -0.4 is 5.32 Å². The lowest BCUT2D eigenvalue weighted by Crippen LogP contribution is -2.20. The van der Waals surface area contributed by atoms with Crippen LogP contribution in [0.2, 0.25) is 5.02 Å². The highest BCUT2D eigenvalue weighted by Gasteiger charge is 2.06. The molecule has 0 aliphatic rings. The molecule has 0 aromatic carbocycles. The lowest BCUT2D eigenvalue weighted by Gasteiger charge is -1.99. The summed E-state index contributed by atoms with van der Waals surface area (Å²) in [7, 11) is 1.82. The molecule has 0 saturated heterocycles. The van der Waals surface area contributed by atoms with Crippen LogP contribution in [0.25, 0.3) is 6.08 Å². The van der Waals surface area contributed by atoms with Crippen LogP contribution in [-0.4, -0.2) is 25.5 Å². The number of carbonyl (C=O) groups excluding carboxylic acids is 1. The van der Waals surface area contributed by atoms with Gasteiger partial charge in [0.2, 0.25) is 5.91 Å². The first-order valence-electron chi connectivity index (χ1n) is 6.25. The number of aryl methyl sites for hydroxylation is 2. The van der Waals surface area contributed by atoms with Crippen LogP contribution in [0.3, 0.4) is 0 Å².